The van der Waals surface area contributed by atoms with E-state index < -0.39 is 5.97 Å². The van der Waals surface area contributed by atoms with Crippen molar-refractivity contribution in [1.29, 1.82) is 0 Å². The number of carbonyl (C=O) groups is 1. The molecule has 71 valence electrons. The Kier molecular flexibility index (Phi) is 3.31. The van der Waals surface area contributed by atoms with Gasteiger partial charge in [0.2, 0.25) is 0 Å². The Hall–Kier alpha value is -1.03. The molecule has 0 amide bonds. The van der Waals surface area contributed by atoms with Crippen LogP contribution >= 0.6 is 11.3 Å². The molecule has 1 unspecified atom stereocenters. The van der Waals surface area contributed by atoms with E-state index in [0.29, 0.717) is 4.88 Å². The summed E-state index contributed by atoms with van der Waals surface area (Å²) in [6, 6.07) is 1.30. The first-order valence-electron chi connectivity index (χ1n) is 4.10. The Labute approximate surface area is 81.0 Å². The molecule has 1 aromatic heterocycles. The van der Waals surface area contributed by atoms with E-state index >= 15 is 0 Å². The highest BCUT2D eigenvalue weighted by Gasteiger charge is 2.13. The molecule has 1 radical (unpaired) electrons. The van der Waals surface area contributed by atoms with Gasteiger partial charge in [-0.3, -0.25) is 5.11 Å². The maximum Gasteiger partial charge on any atom is 0.348 e. The summed E-state index contributed by atoms with van der Waals surface area (Å²) in [6.45, 7) is 3.76. The number of ether oxygens (including phenoxy) is 1. The van der Waals surface area contributed by atoms with Crippen molar-refractivity contribution < 1.29 is 14.6 Å². The van der Waals surface area contributed by atoms with Gasteiger partial charge in [-0.05, 0) is 13.3 Å². The Morgan fingerprint density at radius 1 is 1.69 bits per heavy atom. The molecule has 1 heterocycles. The summed E-state index contributed by atoms with van der Waals surface area (Å²) in [5.74, 6) is -0.539. The van der Waals surface area contributed by atoms with Crippen LogP contribution in [0.15, 0.2) is 11.4 Å². The van der Waals surface area contributed by atoms with Gasteiger partial charge in [0.25, 0.3) is 0 Å². The molecule has 0 aromatic carbocycles. The third kappa shape index (κ3) is 2.73. The van der Waals surface area contributed by atoms with Crippen LogP contribution in [-0.2, 0) is 9.84 Å². The lowest BCUT2D eigenvalue weighted by Gasteiger charge is -2.08. The monoisotopic (exact) mass is 199 g/mol. The molecule has 1 rings (SSSR count). The summed E-state index contributed by atoms with van der Waals surface area (Å²) in [7, 11) is 0. The summed E-state index contributed by atoms with van der Waals surface area (Å²) >= 11 is 1.12. The minimum absolute atomic E-state index is 0.0929. The third-order valence-corrected chi connectivity index (χ3v) is 2.55. The topological polar surface area (TPSA) is 46.2 Å². The van der Waals surface area contributed by atoms with Crippen LogP contribution in [-0.4, -0.2) is 12.1 Å². The normalized spacial score (nSPS) is 12.5. The number of hydrogen-bond acceptors (Lipinski definition) is 3. The van der Waals surface area contributed by atoms with Gasteiger partial charge in [0, 0.05) is 11.4 Å². The lowest BCUT2D eigenvalue weighted by molar-refractivity contribution is 0.0340. The maximum atomic E-state index is 11.3. The van der Waals surface area contributed by atoms with E-state index in [1.165, 1.54) is 11.4 Å². The van der Waals surface area contributed by atoms with E-state index in [1.54, 1.807) is 0 Å². The molecular formula is C9H11O3S. The van der Waals surface area contributed by atoms with Crippen molar-refractivity contribution >= 4 is 17.3 Å². The summed E-state index contributed by atoms with van der Waals surface area (Å²) in [5.41, 5.74) is 0. The molecule has 0 aliphatic heterocycles. The number of hydrogen-bond donors (Lipinski definition) is 0. The van der Waals surface area contributed by atoms with E-state index in [9.17, 15) is 9.90 Å². The second-order valence-electron chi connectivity index (χ2n) is 2.77. The minimum atomic E-state index is -0.401. The molecule has 0 N–H and O–H groups in total. The first-order valence-corrected chi connectivity index (χ1v) is 4.98. The van der Waals surface area contributed by atoms with Crippen LogP contribution in [0.3, 0.4) is 0 Å². The van der Waals surface area contributed by atoms with Gasteiger partial charge in [-0.2, -0.15) is 0 Å². The zero-order valence-corrected chi connectivity index (χ0v) is 8.39. The largest absolute Gasteiger partial charge is 0.459 e. The minimum Gasteiger partial charge on any atom is -0.459 e. The standard InChI is InChI=1S/C9H11O3S/c1-3-6(2)12-9(11)8-4-7(10)5-13-8/h4-6H,3H2,1-2H3. The van der Waals surface area contributed by atoms with Crippen LogP contribution < -0.4 is 0 Å². The Bertz CT molecular complexity index is 293. The van der Waals surface area contributed by atoms with Crippen LogP contribution in [0.2, 0.25) is 0 Å². The molecule has 0 aliphatic carbocycles. The van der Waals surface area contributed by atoms with Crippen molar-refractivity contribution in [3.63, 3.8) is 0 Å². The van der Waals surface area contributed by atoms with Crippen molar-refractivity contribution in [2.75, 3.05) is 0 Å². The Morgan fingerprint density at radius 3 is 2.85 bits per heavy atom. The van der Waals surface area contributed by atoms with Crippen molar-refractivity contribution in [1.82, 2.24) is 0 Å². The molecule has 1 atom stereocenters. The van der Waals surface area contributed by atoms with E-state index in [2.05, 4.69) is 0 Å². The molecule has 0 fully saturated rings. The van der Waals surface area contributed by atoms with Crippen LogP contribution in [0.1, 0.15) is 29.9 Å². The number of rotatable bonds is 3. The quantitative estimate of drug-likeness (QED) is 0.702. The molecule has 13 heavy (non-hydrogen) atoms. The van der Waals surface area contributed by atoms with Crippen LogP contribution in [0.4, 0.5) is 0 Å². The number of esters is 1. The molecular weight excluding hydrogens is 188 g/mol. The van der Waals surface area contributed by atoms with Crippen molar-refractivity contribution in [2.45, 2.75) is 26.4 Å². The highest BCUT2D eigenvalue weighted by Crippen LogP contribution is 2.21. The van der Waals surface area contributed by atoms with Crippen molar-refractivity contribution in [2.24, 2.45) is 0 Å². The highest BCUT2D eigenvalue weighted by atomic mass is 32.1. The first-order chi connectivity index (χ1) is 6.13. The fourth-order valence-corrected chi connectivity index (χ4v) is 1.39. The average molecular weight is 199 g/mol. The van der Waals surface area contributed by atoms with Crippen LogP contribution in [0.5, 0.6) is 5.75 Å². The molecule has 0 bridgehead atoms. The highest BCUT2D eigenvalue weighted by molar-refractivity contribution is 7.12. The second kappa shape index (κ2) is 4.28. The van der Waals surface area contributed by atoms with Gasteiger partial charge >= 0.3 is 5.97 Å². The summed E-state index contributed by atoms with van der Waals surface area (Å²) in [5, 5.41) is 12.1. The predicted octanol–water partition coefficient (Wildman–Crippen LogP) is 2.85. The molecule has 4 heteroatoms. The van der Waals surface area contributed by atoms with Crippen LogP contribution in [0.25, 0.3) is 0 Å². The van der Waals surface area contributed by atoms with E-state index in [0.717, 1.165) is 17.8 Å². The van der Waals surface area contributed by atoms with Crippen molar-refractivity contribution in [3.05, 3.63) is 16.3 Å². The van der Waals surface area contributed by atoms with E-state index in [1.807, 2.05) is 13.8 Å². The summed E-state index contributed by atoms with van der Waals surface area (Å²) < 4.78 is 5.03. The van der Waals surface area contributed by atoms with Gasteiger partial charge in [-0.25, -0.2) is 4.79 Å². The zero-order chi connectivity index (χ0) is 9.84. The molecule has 0 aliphatic rings. The maximum absolute atomic E-state index is 11.3. The first kappa shape index (κ1) is 10.1. The van der Waals surface area contributed by atoms with Gasteiger partial charge in [-0.15, -0.1) is 11.3 Å². The van der Waals surface area contributed by atoms with E-state index in [-0.39, 0.29) is 11.9 Å². The predicted molar refractivity (Wildman–Crippen MR) is 49.6 cm³/mol. The van der Waals surface area contributed by atoms with Crippen molar-refractivity contribution in [3.8, 4) is 5.75 Å². The van der Waals surface area contributed by atoms with Gasteiger partial charge < -0.3 is 4.74 Å². The fourth-order valence-electron chi connectivity index (χ4n) is 0.750. The smallest absolute Gasteiger partial charge is 0.348 e. The Morgan fingerprint density at radius 2 is 2.38 bits per heavy atom. The summed E-state index contributed by atoms with van der Waals surface area (Å²) in [4.78, 5) is 11.7. The van der Waals surface area contributed by atoms with Crippen LogP contribution in [0, 0.1) is 0 Å². The van der Waals surface area contributed by atoms with E-state index in [4.69, 9.17) is 4.74 Å². The molecule has 3 nitrogen and oxygen atoms in total. The lowest BCUT2D eigenvalue weighted by Crippen LogP contribution is -2.12. The third-order valence-electron chi connectivity index (χ3n) is 1.66. The zero-order valence-electron chi connectivity index (χ0n) is 7.57. The van der Waals surface area contributed by atoms with Gasteiger partial charge in [-0.1, -0.05) is 6.92 Å². The number of carbonyl (C=O) groups excluding carboxylic acids is 1. The lowest BCUT2D eigenvalue weighted by atomic mass is 10.3. The summed E-state index contributed by atoms with van der Waals surface area (Å²) in [6.07, 6.45) is 0.686. The fraction of sp³-hybridized carbons (Fsp3) is 0.444. The molecule has 0 spiro atoms. The SMILES string of the molecule is CCC(C)OC(=O)c1cc([O])cs1. The Balaban J connectivity index is 2.58. The molecule has 0 saturated carbocycles. The molecule has 0 saturated heterocycles. The number of thiophene rings is 1. The second-order valence-corrected chi connectivity index (χ2v) is 3.68. The average Bonchev–Trinajstić information content (AvgIpc) is 2.51. The van der Waals surface area contributed by atoms with Gasteiger partial charge in [0.1, 0.15) is 4.88 Å². The van der Waals surface area contributed by atoms with Gasteiger partial charge in [0.05, 0.1) is 6.10 Å². The van der Waals surface area contributed by atoms with Gasteiger partial charge in [0.15, 0.2) is 5.75 Å². The molecule has 1 aromatic rings.